The predicted molar refractivity (Wildman–Crippen MR) is 121 cm³/mol. The number of aryl methyl sites for hydroxylation is 1. The van der Waals surface area contributed by atoms with Crippen molar-refractivity contribution in [3.8, 4) is 0 Å². The van der Waals surface area contributed by atoms with Crippen LogP contribution >= 0.6 is 0 Å². The topological polar surface area (TPSA) is 151 Å². The second-order valence-corrected chi connectivity index (χ2v) is 7.01. The average molecular weight is 410 g/mol. The fourth-order valence-corrected chi connectivity index (χ4v) is 3.30. The van der Waals surface area contributed by atoms with Gasteiger partial charge in [-0.05, 0) is 36.1 Å². The number of amides is 1. The molecule has 1 aliphatic carbocycles. The second-order valence-electron chi connectivity index (χ2n) is 7.01. The molecule has 1 aromatic carbocycles. The zero-order chi connectivity index (χ0) is 22.3. The summed E-state index contributed by atoms with van der Waals surface area (Å²) in [4.78, 5) is 16.6. The second kappa shape index (κ2) is 9.78. The molecule has 8 N–H and O–H groups in total. The van der Waals surface area contributed by atoms with Crippen molar-refractivity contribution in [2.75, 3.05) is 0 Å². The van der Waals surface area contributed by atoms with Crippen LogP contribution in [0.25, 0.3) is 5.70 Å². The quantitative estimate of drug-likeness (QED) is 0.337. The molecule has 0 bridgehead atoms. The molecule has 8 nitrogen and oxygen atoms in total. The van der Waals surface area contributed by atoms with E-state index in [0.717, 1.165) is 30.4 Å². The van der Waals surface area contributed by atoms with Gasteiger partial charge in [0.2, 0.25) is 0 Å². The highest BCUT2D eigenvalue weighted by Crippen LogP contribution is 2.44. The molecule has 3 rings (SSSR count). The molecule has 1 aromatic heterocycles. The lowest BCUT2D eigenvalue weighted by molar-refractivity contribution is 0.100. The highest BCUT2D eigenvalue weighted by molar-refractivity contribution is 6.06. The van der Waals surface area contributed by atoms with E-state index >= 15 is 0 Å². The number of rotatable bonds is 5. The fraction of sp³-hybridized carbons (Fsp3) is 0.318. The molecule has 0 radical (unpaired) electrons. The number of allylic oxidation sites excluding steroid dienone is 2. The van der Waals surface area contributed by atoms with Crippen LogP contribution < -0.4 is 22.9 Å². The van der Waals surface area contributed by atoms with Gasteiger partial charge in [-0.1, -0.05) is 44.5 Å². The van der Waals surface area contributed by atoms with Crippen molar-refractivity contribution >= 4 is 17.4 Å². The summed E-state index contributed by atoms with van der Waals surface area (Å²) < 4.78 is 1.56. The Bertz CT molecular complexity index is 960. The lowest BCUT2D eigenvalue weighted by Gasteiger charge is -2.41. The number of nitrogens with zero attached hydrogens (tertiary/aromatic N) is 3. The first kappa shape index (κ1) is 22.7. The number of hydrogen-bond donors (Lipinski definition) is 4. The summed E-state index contributed by atoms with van der Waals surface area (Å²) in [7, 11) is 1.75. The third-order valence-electron chi connectivity index (χ3n) is 5.10. The highest BCUT2D eigenvalue weighted by Gasteiger charge is 2.42. The SMILES string of the molecule is CC.Cn1cc(C(=O)N=C(N)C2(c3ccc(/C(N)=C/C=C(N)N)cc3)CCC2)cn1. The number of aromatic nitrogens is 2. The molecular formula is C22H31N7O. The van der Waals surface area contributed by atoms with Crippen LogP contribution in [0.4, 0.5) is 0 Å². The Morgan fingerprint density at radius 1 is 1.07 bits per heavy atom. The van der Waals surface area contributed by atoms with Crippen LogP contribution in [-0.4, -0.2) is 21.5 Å². The summed E-state index contributed by atoms with van der Waals surface area (Å²) in [5.74, 6) is 0.143. The molecule has 30 heavy (non-hydrogen) atoms. The molecule has 160 valence electrons. The molecule has 8 heteroatoms. The minimum absolute atomic E-state index is 0.190. The van der Waals surface area contributed by atoms with Crippen molar-refractivity contribution in [2.45, 2.75) is 38.5 Å². The molecule has 1 heterocycles. The lowest BCUT2D eigenvalue weighted by Crippen LogP contribution is -2.47. The van der Waals surface area contributed by atoms with E-state index in [2.05, 4.69) is 10.1 Å². The van der Waals surface area contributed by atoms with Crippen LogP contribution in [0, 0.1) is 0 Å². The van der Waals surface area contributed by atoms with E-state index in [1.807, 2.05) is 38.1 Å². The standard InChI is InChI=1S/C20H25N7O.C2H6/c1-27-12-14(11-25-27)18(28)26-19(24)20(9-2-10-20)15-5-3-13(4-6-15)16(21)7-8-17(22)23;1-2/h3-8,11-12H,2,9-10,21-23H2,1H3,(H2,24,26,28);1-2H3/b16-7-;. The van der Waals surface area contributed by atoms with Crippen molar-refractivity contribution in [3.63, 3.8) is 0 Å². The zero-order valence-corrected chi connectivity index (χ0v) is 17.8. The van der Waals surface area contributed by atoms with Crippen LogP contribution in [0.15, 0.2) is 59.6 Å². The average Bonchev–Trinajstić information content (AvgIpc) is 3.14. The van der Waals surface area contributed by atoms with Crippen LogP contribution in [0.5, 0.6) is 0 Å². The minimum atomic E-state index is -0.420. The Kier molecular flexibility index (Phi) is 7.41. The molecule has 0 saturated heterocycles. The van der Waals surface area contributed by atoms with Gasteiger partial charge in [-0.3, -0.25) is 9.48 Å². The maximum atomic E-state index is 12.4. The first-order valence-corrected chi connectivity index (χ1v) is 9.99. The predicted octanol–water partition coefficient (Wildman–Crippen LogP) is 2.12. The van der Waals surface area contributed by atoms with Gasteiger partial charge in [0.25, 0.3) is 5.91 Å². The van der Waals surface area contributed by atoms with E-state index in [1.165, 1.54) is 6.20 Å². The first-order chi connectivity index (χ1) is 14.3. The smallest absolute Gasteiger partial charge is 0.281 e. The van der Waals surface area contributed by atoms with Gasteiger partial charge in [0, 0.05) is 18.9 Å². The van der Waals surface area contributed by atoms with Gasteiger partial charge in [0.15, 0.2) is 0 Å². The van der Waals surface area contributed by atoms with Gasteiger partial charge >= 0.3 is 0 Å². The van der Waals surface area contributed by atoms with E-state index in [-0.39, 0.29) is 11.7 Å². The van der Waals surface area contributed by atoms with Crippen molar-refractivity contribution < 1.29 is 4.79 Å². The Labute approximate surface area is 177 Å². The van der Waals surface area contributed by atoms with Gasteiger partial charge < -0.3 is 22.9 Å². The van der Waals surface area contributed by atoms with Gasteiger partial charge in [0.05, 0.1) is 23.0 Å². The van der Waals surface area contributed by atoms with E-state index in [1.54, 1.807) is 30.1 Å². The molecule has 0 spiro atoms. The third kappa shape index (κ3) is 4.89. The van der Waals surface area contributed by atoms with Gasteiger partial charge in [-0.25, -0.2) is 0 Å². The van der Waals surface area contributed by atoms with E-state index in [9.17, 15) is 4.79 Å². The van der Waals surface area contributed by atoms with Crippen LogP contribution in [0.1, 0.15) is 54.6 Å². The number of carbonyl (C=O) groups excluding carboxylic acids is 1. The summed E-state index contributed by atoms with van der Waals surface area (Å²) >= 11 is 0. The van der Waals surface area contributed by atoms with E-state index in [4.69, 9.17) is 22.9 Å². The van der Waals surface area contributed by atoms with Gasteiger partial charge in [-0.15, -0.1) is 0 Å². The molecule has 1 aliphatic rings. The van der Waals surface area contributed by atoms with Crippen molar-refractivity contribution in [1.82, 2.24) is 9.78 Å². The third-order valence-corrected chi connectivity index (χ3v) is 5.10. The first-order valence-electron chi connectivity index (χ1n) is 9.99. The maximum absolute atomic E-state index is 12.4. The summed E-state index contributed by atoms with van der Waals surface area (Å²) in [6.45, 7) is 4.00. The summed E-state index contributed by atoms with van der Waals surface area (Å²) in [5.41, 5.74) is 25.6. The molecule has 0 unspecified atom stereocenters. The van der Waals surface area contributed by atoms with E-state index in [0.29, 0.717) is 17.1 Å². The Balaban J connectivity index is 0.00000155. The lowest BCUT2D eigenvalue weighted by atomic mass is 9.63. The van der Waals surface area contributed by atoms with Crippen molar-refractivity contribution in [3.05, 3.63) is 71.3 Å². The Morgan fingerprint density at radius 3 is 2.17 bits per heavy atom. The fourth-order valence-electron chi connectivity index (χ4n) is 3.30. The van der Waals surface area contributed by atoms with Gasteiger partial charge in [0.1, 0.15) is 5.84 Å². The van der Waals surface area contributed by atoms with Crippen LogP contribution in [0.3, 0.4) is 0 Å². The molecule has 1 fully saturated rings. The largest absolute Gasteiger partial charge is 0.398 e. The summed E-state index contributed by atoms with van der Waals surface area (Å²) in [6.07, 6.45) is 9.04. The number of amidine groups is 1. The van der Waals surface area contributed by atoms with Crippen molar-refractivity contribution in [1.29, 1.82) is 0 Å². The van der Waals surface area contributed by atoms with Crippen LogP contribution in [0.2, 0.25) is 0 Å². The van der Waals surface area contributed by atoms with Gasteiger partial charge in [-0.2, -0.15) is 10.1 Å². The molecule has 1 saturated carbocycles. The molecule has 1 amide bonds. The number of aliphatic imine (C=N–C) groups is 1. The summed E-state index contributed by atoms with van der Waals surface area (Å²) in [6, 6.07) is 7.78. The summed E-state index contributed by atoms with van der Waals surface area (Å²) in [5, 5.41) is 4.00. The maximum Gasteiger partial charge on any atom is 0.281 e. The van der Waals surface area contributed by atoms with E-state index < -0.39 is 5.41 Å². The monoisotopic (exact) mass is 409 g/mol. The number of carbonyl (C=O) groups is 1. The van der Waals surface area contributed by atoms with Crippen LogP contribution in [-0.2, 0) is 12.5 Å². The Morgan fingerprint density at radius 2 is 1.70 bits per heavy atom. The minimum Gasteiger partial charge on any atom is -0.398 e. The molecule has 0 aliphatic heterocycles. The Hall–Kier alpha value is -3.55. The number of hydrogen-bond acceptors (Lipinski definition) is 5. The molecule has 0 atom stereocenters. The highest BCUT2D eigenvalue weighted by atomic mass is 16.1. The number of nitrogens with two attached hydrogens (primary N) is 4. The normalized spacial score (nSPS) is 15.4. The molecule has 2 aromatic rings. The number of benzene rings is 1. The molecular weight excluding hydrogens is 378 g/mol. The zero-order valence-electron chi connectivity index (χ0n) is 17.8. The van der Waals surface area contributed by atoms with Crippen molar-refractivity contribution in [2.24, 2.45) is 35.0 Å².